The SMILES string of the molecule is CCn1cnnc1SCC(=O)c1ccc(NC(=O)C(C)C)cc1. The minimum Gasteiger partial charge on any atom is -0.326 e. The van der Waals surface area contributed by atoms with E-state index in [4.69, 9.17) is 0 Å². The number of carbonyl (C=O) groups excluding carboxylic acids is 2. The number of carbonyl (C=O) groups is 2. The van der Waals surface area contributed by atoms with E-state index in [-0.39, 0.29) is 17.6 Å². The predicted octanol–water partition coefficient (Wildman–Crippen LogP) is 2.87. The van der Waals surface area contributed by atoms with Crippen LogP contribution in [-0.2, 0) is 11.3 Å². The Hall–Kier alpha value is -2.15. The summed E-state index contributed by atoms with van der Waals surface area (Å²) in [4.78, 5) is 23.8. The third-order valence-corrected chi connectivity index (χ3v) is 4.23. The molecule has 1 amide bonds. The smallest absolute Gasteiger partial charge is 0.226 e. The zero-order valence-electron chi connectivity index (χ0n) is 13.4. The Labute approximate surface area is 139 Å². The lowest BCUT2D eigenvalue weighted by atomic mass is 10.1. The molecule has 122 valence electrons. The van der Waals surface area contributed by atoms with Crippen LogP contribution in [0.25, 0.3) is 0 Å². The number of thioether (sulfide) groups is 1. The lowest BCUT2D eigenvalue weighted by Gasteiger charge is -2.08. The topological polar surface area (TPSA) is 76.9 Å². The van der Waals surface area contributed by atoms with E-state index in [0.717, 1.165) is 11.7 Å². The van der Waals surface area contributed by atoms with E-state index in [2.05, 4.69) is 15.5 Å². The maximum absolute atomic E-state index is 12.2. The molecule has 2 rings (SSSR count). The van der Waals surface area contributed by atoms with Gasteiger partial charge in [0.1, 0.15) is 6.33 Å². The van der Waals surface area contributed by atoms with E-state index in [1.807, 2.05) is 25.3 Å². The third-order valence-electron chi connectivity index (χ3n) is 3.25. The van der Waals surface area contributed by atoms with E-state index in [9.17, 15) is 9.59 Å². The van der Waals surface area contributed by atoms with Crippen LogP contribution in [-0.4, -0.2) is 32.2 Å². The van der Waals surface area contributed by atoms with Gasteiger partial charge in [-0.15, -0.1) is 10.2 Å². The van der Waals surface area contributed by atoms with Crippen molar-refractivity contribution in [3.05, 3.63) is 36.2 Å². The van der Waals surface area contributed by atoms with Crippen molar-refractivity contribution in [3.63, 3.8) is 0 Å². The van der Waals surface area contributed by atoms with Crippen molar-refractivity contribution < 1.29 is 9.59 Å². The van der Waals surface area contributed by atoms with Crippen molar-refractivity contribution in [2.75, 3.05) is 11.1 Å². The van der Waals surface area contributed by atoms with Gasteiger partial charge in [0.15, 0.2) is 10.9 Å². The van der Waals surface area contributed by atoms with Crippen LogP contribution in [0.15, 0.2) is 35.7 Å². The van der Waals surface area contributed by atoms with Gasteiger partial charge in [-0.05, 0) is 31.2 Å². The second-order valence-corrected chi connectivity index (χ2v) is 6.28. The minimum atomic E-state index is -0.0800. The molecule has 1 heterocycles. The fraction of sp³-hybridized carbons (Fsp3) is 0.375. The summed E-state index contributed by atoms with van der Waals surface area (Å²) in [5.41, 5.74) is 1.31. The number of amides is 1. The predicted molar refractivity (Wildman–Crippen MR) is 90.7 cm³/mol. The molecular formula is C16H20N4O2S. The molecule has 0 fully saturated rings. The fourth-order valence-electron chi connectivity index (χ4n) is 1.81. The Bertz CT molecular complexity index is 680. The van der Waals surface area contributed by atoms with Gasteiger partial charge in [0.25, 0.3) is 0 Å². The molecule has 0 aliphatic heterocycles. The summed E-state index contributed by atoms with van der Waals surface area (Å²) in [7, 11) is 0. The highest BCUT2D eigenvalue weighted by Gasteiger charge is 2.11. The summed E-state index contributed by atoms with van der Waals surface area (Å²) < 4.78 is 1.89. The lowest BCUT2D eigenvalue weighted by Crippen LogP contribution is -2.17. The molecule has 0 spiro atoms. The zero-order chi connectivity index (χ0) is 16.8. The molecule has 23 heavy (non-hydrogen) atoms. The molecule has 6 nitrogen and oxygen atoms in total. The van der Waals surface area contributed by atoms with Gasteiger partial charge in [-0.1, -0.05) is 25.6 Å². The van der Waals surface area contributed by atoms with Gasteiger partial charge < -0.3 is 9.88 Å². The summed E-state index contributed by atoms with van der Waals surface area (Å²) in [5, 5.41) is 11.4. The monoisotopic (exact) mass is 332 g/mol. The van der Waals surface area contributed by atoms with Crippen molar-refractivity contribution in [2.45, 2.75) is 32.5 Å². The first-order chi connectivity index (χ1) is 11.0. The summed E-state index contributed by atoms with van der Waals surface area (Å²) in [6, 6.07) is 6.94. The highest BCUT2D eigenvalue weighted by molar-refractivity contribution is 7.99. The van der Waals surface area contributed by atoms with Crippen molar-refractivity contribution in [1.82, 2.24) is 14.8 Å². The minimum absolute atomic E-state index is 0.0161. The molecule has 0 atom stereocenters. The van der Waals surface area contributed by atoms with E-state index in [1.54, 1.807) is 30.6 Å². The van der Waals surface area contributed by atoms with Gasteiger partial charge in [0, 0.05) is 23.7 Å². The molecule has 0 unspecified atom stereocenters. The molecule has 7 heteroatoms. The fourth-order valence-corrected chi connectivity index (χ4v) is 2.69. The average Bonchev–Trinajstić information content (AvgIpc) is 3.00. The average molecular weight is 332 g/mol. The Balaban J connectivity index is 1.94. The molecule has 0 saturated carbocycles. The Morgan fingerprint density at radius 1 is 1.26 bits per heavy atom. The van der Waals surface area contributed by atoms with Gasteiger partial charge in [-0.25, -0.2) is 0 Å². The third kappa shape index (κ3) is 4.66. The molecule has 2 aromatic rings. The van der Waals surface area contributed by atoms with Crippen LogP contribution in [0, 0.1) is 5.92 Å². The summed E-state index contributed by atoms with van der Waals surface area (Å²) in [6.07, 6.45) is 1.65. The number of rotatable bonds is 7. The van der Waals surface area contributed by atoms with E-state index in [1.165, 1.54) is 11.8 Å². The number of ketones is 1. The second kappa shape index (κ2) is 7.92. The number of hydrogen-bond donors (Lipinski definition) is 1. The first-order valence-corrected chi connectivity index (χ1v) is 8.44. The van der Waals surface area contributed by atoms with Crippen LogP contribution in [0.3, 0.4) is 0 Å². The zero-order valence-corrected chi connectivity index (χ0v) is 14.3. The maximum Gasteiger partial charge on any atom is 0.226 e. The van der Waals surface area contributed by atoms with Crippen LogP contribution in [0.1, 0.15) is 31.1 Å². The molecule has 1 aromatic heterocycles. The number of nitrogens with one attached hydrogen (secondary N) is 1. The largest absolute Gasteiger partial charge is 0.326 e. The molecule has 1 N–H and O–H groups in total. The van der Waals surface area contributed by atoms with E-state index >= 15 is 0 Å². The lowest BCUT2D eigenvalue weighted by molar-refractivity contribution is -0.118. The number of Topliss-reactive ketones (excluding diaryl/α,β-unsaturated/α-hetero) is 1. The van der Waals surface area contributed by atoms with Crippen molar-refractivity contribution in [1.29, 1.82) is 0 Å². The van der Waals surface area contributed by atoms with Gasteiger partial charge in [-0.3, -0.25) is 9.59 Å². The molecule has 1 aromatic carbocycles. The maximum atomic E-state index is 12.2. The Kier molecular flexibility index (Phi) is 5.92. The van der Waals surface area contributed by atoms with Crippen LogP contribution in [0.5, 0.6) is 0 Å². The molecular weight excluding hydrogens is 312 g/mol. The quantitative estimate of drug-likeness (QED) is 0.623. The van der Waals surface area contributed by atoms with Crippen LogP contribution >= 0.6 is 11.8 Å². The summed E-state index contributed by atoms with van der Waals surface area (Å²) >= 11 is 1.37. The first-order valence-electron chi connectivity index (χ1n) is 7.46. The van der Waals surface area contributed by atoms with E-state index < -0.39 is 0 Å². The number of aromatic nitrogens is 3. The van der Waals surface area contributed by atoms with Crippen molar-refractivity contribution >= 4 is 29.1 Å². The Morgan fingerprint density at radius 2 is 1.96 bits per heavy atom. The van der Waals surface area contributed by atoms with Crippen LogP contribution in [0.2, 0.25) is 0 Å². The molecule has 0 aliphatic carbocycles. The number of anilines is 1. The van der Waals surface area contributed by atoms with E-state index in [0.29, 0.717) is 17.0 Å². The highest BCUT2D eigenvalue weighted by Crippen LogP contribution is 2.18. The van der Waals surface area contributed by atoms with Gasteiger partial charge in [-0.2, -0.15) is 0 Å². The molecule has 0 saturated heterocycles. The van der Waals surface area contributed by atoms with Crippen LogP contribution in [0.4, 0.5) is 5.69 Å². The van der Waals surface area contributed by atoms with Crippen LogP contribution < -0.4 is 5.32 Å². The Morgan fingerprint density at radius 3 is 2.57 bits per heavy atom. The van der Waals surface area contributed by atoms with Crippen molar-refractivity contribution in [2.24, 2.45) is 5.92 Å². The number of benzene rings is 1. The molecule has 0 radical (unpaired) electrons. The van der Waals surface area contributed by atoms with Crippen molar-refractivity contribution in [3.8, 4) is 0 Å². The number of aryl methyl sites for hydroxylation is 1. The molecule has 0 bridgehead atoms. The summed E-state index contributed by atoms with van der Waals surface area (Å²) in [5.74, 6) is 0.195. The first kappa shape index (κ1) is 17.2. The van der Waals surface area contributed by atoms with Gasteiger partial charge >= 0.3 is 0 Å². The van der Waals surface area contributed by atoms with Gasteiger partial charge in [0.2, 0.25) is 5.91 Å². The number of hydrogen-bond acceptors (Lipinski definition) is 5. The molecule has 0 aliphatic rings. The van der Waals surface area contributed by atoms with Gasteiger partial charge in [0.05, 0.1) is 5.75 Å². The summed E-state index contributed by atoms with van der Waals surface area (Å²) in [6.45, 7) is 6.44. The highest BCUT2D eigenvalue weighted by atomic mass is 32.2. The standard InChI is InChI=1S/C16H20N4O2S/c1-4-20-10-17-19-16(20)23-9-14(21)12-5-7-13(8-6-12)18-15(22)11(2)3/h5-8,10-11H,4,9H2,1-3H3,(H,18,22). The number of nitrogens with zero attached hydrogens (tertiary/aromatic N) is 3. The normalized spacial score (nSPS) is 10.8. The second-order valence-electron chi connectivity index (χ2n) is 5.33.